The van der Waals surface area contributed by atoms with Crippen LogP contribution in [0.5, 0.6) is 5.75 Å². The molecule has 0 saturated carbocycles. The highest BCUT2D eigenvalue weighted by molar-refractivity contribution is 5.97. The molecule has 0 bridgehead atoms. The minimum Gasteiger partial charge on any atom is -0.508 e. The van der Waals surface area contributed by atoms with Crippen molar-refractivity contribution in [1.82, 2.24) is 5.32 Å². The third-order valence-corrected chi connectivity index (χ3v) is 3.34. The number of carbonyl (C=O) groups is 1. The van der Waals surface area contributed by atoms with Gasteiger partial charge in [0, 0.05) is 12.8 Å². The Morgan fingerprint density at radius 1 is 1.32 bits per heavy atom. The summed E-state index contributed by atoms with van der Waals surface area (Å²) in [5.41, 5.74) is -0.0869. The van der Waals surface area contributed by atoms with E-state index < -0.39 is 5.60 Å². The molecule has 5 nitrogen and oxygen atoms in total. The molecule has 3 N–H and O–H groups in total. The van der Waals surface area contributed by atoms with Crippen molar-refractivity contribution in [2.75, 3.05) is 25.5 Å². The van der Waals surface area contributed by atoms with Crippen LogP contribution in [0.1, 0.15) is 12.8 Å². The number of phenolic OH excluding ortho intramolecular Hbond substituents is 1. The Bertz CT molecular complexity index is 416. The van der Waals surface area contributed by atoms with E-state index in [1.807, 2.05) is 0 Å². The molecular formula is C13H19ClN2O3. The maximum Gasteiger partial charge on any atom is 0.256 e. The number of aromatic hydroxyl groups is 1. The Kier molecular flexibility index (Phi) is 5.60. The van der Waals surface area contributed by atoms with Crippen LogP contribution in [0.3, 0.4) is 0 Å². The van der Waals surface area contributed by atoms with Gasteiger partial charge in [-0.15, -0.1) is 12.4 Å². The first-order chi connectivity index (χ1) is 8.66. The van der Waals surface area contributed by atoms with Gasteiger partial charge in [-0.05, 0) is 50.2 Å². The summed E-state index contributed by atoms with van der Waals surface area (Å²) in [5, 5.41) is 15.2. The molecule has 0 radical (unpaired) electrons. The van der Waals surface area contributed by atoms with Crippen LogP contribution in [-0.2, 0) is 9.53 Å². The zero-order chi connectivity index (χ0) is 13.0. The van der Waals surface area contributed by atoms with Crippen molar-refractivity contribution in [2.45, 2.75) is 18.4 Å². The number of nitrogens with one attached hydrogen (secondary N) is 2. The molecule has 1 aliphatic rings. The Labute approximate surface area is 118 Å². The lowest BCUT2D eigenvalue weighted by atomic mass is 9.91. The van der Waals surface area contributed by atoms with Gasteiger partial charge in [0.05, 0.1) is 0 Å². The van der Waals surface area contributed by atoms with Crippen LogP contribution < -0.4 is 10.6 Å². The number of ether oxygens (including phenoxy) is 1. The molecule has 1 aromatic rings. The first kappa shape index (κ1) is 15.8. The van der Waals surface area contributed by atoms with E-state index in [1.54, 1.807) is 19.2 Å². The van der Waals surface area contributed by atoms with E-state index in [4.69, 9.17) is 4.74 Å². The summed E-state index contributed by atoms with van der Waals surface area (Å²) in [6.45, 7) is 1.55. The zero-order valence-corrected chi connectivity index (χ0v) is 11.6. The molecule has 0 unspecified atom stereocenters. The summed E-state index contributed by atoms with van der Waals surface area (Å²) in [7, 11) is 1.57. The number of amides is 1. The quantitative estimate of drug-likeness (QED) is 0.737. The molecule has 1 fully saturated rings. The molecule has 2 rings (SSSR count). The predicted octanol–water partition coefficient (Wildman–Crippen LogP) is 1.52. The molecule has 1 aromatic carbocycles. The second-order valence-electron chi connectivity index (χ2n) is 4.45. The fraction of sp³-hybridized carbons (Fsp3) is 0.462. The lowest BCUT2D eigenvalue weighted by Gasteiger charge is -2.34. The monoisotopic (exact) mass is 286 g/mol. The first-order valence-electron chi connectivity index (χ1n) is 6.03. The normalized spacial score (nSPS) is 17.3. The number of piperidine rings is 1. The van der Waals surface area contributed by atoms with Gasteiger partial charge in [-0.2, -0.15) is 0 Å². The standard InChI is InChI=1S/C13H18N2O3.ClH/c1-18-13(6-8-14-9-7-13)12(17)15-10-2-4-11(16)5-3-10;/h2-5,14,16H,6-9H2,1H3,(H,15,17);1H. The number of phenols is 1. The van der Waals surface area contributed by atoms with Crippen LogP contribution >= 0.6 is 12.4 Å². The Hall–Kier alpha value is -1.30. The molecule has 1 aliphatic heterocycles. The van der Waals surface area contributed by atoms with Crippen LogP contribution in [0.15, 0.2) is 24.3 Å². The molecule has 1 heterocycles. The van der Waals surface area contributed by atoms with E-state index in [9.17, 15) is 9.90 Å². The molecule has 6 heteroatoms. The van der Waals surface area contributed by atoms with Crippen molar-refractivity contribution < 1.29 is 14.6 Å². The van der Waals surface area contributed by atoms with Crippen LogP contribution in [-0.4, -0.2) is 36.8 Å². The maximum atomic E-state index is 12.3. The van der Waals surface area contributed by atoms with Crippen molar-refractivity contribution >= 4 is 24.0 Å². The third-order valence-electron chi connectivity index (χ3n) is 3.34. The van der Waals surface area contributed by atoms with E-state index in [0.717, 1.165) is 13.1 Å². The highest BCUT2D eigenvalue weighted by atomic mass is 35.5. The number of benzene rings is 1. The van der Waals surface area contributed by atoms with Gasteiger partial charge in [0.2, 0.25) is 0 Å². The van der Waals surface area contributed by atoms with Gasteiger partial charge in [-0.3, -0.25) is 4.79 Å². The third kappa shape index (κ3) is 3.59. The van der Waals surface area contributed by atoms with Crippen LogP contribution in [0.25, 0.3) is 0 Å². The van der Waals surface area contributed by atoms with Crippen LogP contribution in [0.4, 0.5) is 5.69 Å². The van der Waals surface area contributed by atoms with Gasteiger partial charge < -0.3 is 20.5 Å². The number of hydrogen-bond acceptors (Lipinski definition) is 4. The smallest absolute Gasteiger partial charge is 0.256 e. The fourth-order valence-corrected chi connectivity index (χ4v) is 2.14. The van der Waals surface area contributed by atoms with Gasteiger partial charge >= 0.3 is 0 Å². The minimum atomic E-state index is -0.747. The van der Waals surface area contributed by atoms with Gasteiger partial charge in [-0.1, -0.05) is 0 Å². The number of carbonyl (C=O) groups excluding carboxylic acids is 1. The molecule has 19 heavy (non-hydrogen) atoms. The summed E-state index contributed by atoms with van der Waals surface area (Å²) in [6.07, 6.45) is 1.32. The fourth-order valence-electron chi connectivity index (χ4n) is 2.14. The number of methoxy groups -OCH3 is 1. The maximum absolute atomic E-state index is 12.3. The molecule has 106 valence electrons. The number of hydrogen-bond donors (Lipinski definition) is 3. The Morgan fingerprint density at radius 2 is 1.89 bits per heavy atom. The average molecular weight is 287 g/mol. The lowest BCUT2D eigenvalue weighted by Crippen LogP contribution is -2.51. The van der Waals surface area contributed by atoms with E-state index in [0.29, 0.717) is 18.5 Å². The summed E-state index contributed by atoms with van der Waals surface area (Å²) in [4.78, 5) is 12.3. The minimum absolute atomic E-state index is 0. The predicted molar refractivity (Wildman–Crippen MR) is 75.8 cm³/mol. The van der Waals surface area contributed by atoms with Crippen molar-refractivity contribution in [3.63, 3.8) is 0 Å². The van der Waals surface area contributed by atoms with Crippen LogP contribution in [0, 0.1) is 0 Å². The molecule has 0 spiro atoms. The molecule has 0 atom stereocenters. The molecule has 0 aromatic heterocycles. The average Bonchev–Trinajstić information content (AvgIpc) is 2.42. The molecular weight excluding hydrogens is 268 g/mol. The first-order valence-corrected chi connectivity index (χ1v) is 6.03. The second-order valence-corrected chi connectivity index (χ2v) is 4.45. The van der Waals surface area contributed by atoms with Gasteiger partial charge in [0.25, 0.3) is 5.91 Å². The zero-order valence-electron chi connectivity index (χ0n) is 10.8. The van der Waals surface area contributed by atoms with Gasteiger partial charge in [0.15, 0.2) is 0 Å². The highest BCUT2D eigenvalue weighted by Crippen LogP contribution is 2.25. The number of rotatable bonds is 3. The van der Waals surface area contributed by atoms with Crippen molar-refractivity contribution in [1.29, 1.82) is 0 Å². The van der Waals surface area contributed by atoms with E-state index in [2.05, 4.69) is 10.6 Å². The van der Waals surface area contributed by atoms with E-state index >= 15 is 0 Å². The Morgan fingerprint density at radius 3 is 2.42 bits per heavy atom. The van der Waals surface area contributed by atoms with E-state index in [-0.39, 0.29) is 24.1 Å². The molecule has 1 saturated heterocycles. The SMILES string of the molecule is COC1(C(=O)Nc2ccc(O)cc2)CCNCC1.Cl. The van der Waals surface area contributed by atoms with Gasteiger partial charge in [0.1, 0.15) is 11.4 Å². The lowest BCUT2D eigenvalue weighted by molar-refractivity contribution is -0.140. The number of anilines is 1. The summed E-state index contributed by atoms with van der Waals surface area (Å²) in [5.74, 6) is 0.0495. The highest BCUT2D eigenvalue weighted by Gasteiger charge is 2.39. The van der Waals surface area contributed by atoms with Crippen molar-refractivity contribution in [3.05, 3.63) is 24.3 Å². The summed E-state index contributed by atoms with van der Waals surface area (Å²) >= 11 is 0. The largest absolute Gasteiger partial charge is 0.508 e. The van der Waals surface area contributed by atoms with Gasteiger partial charge in [-0.25, -0.2) is 0 Å². The van der Waals surface area contributed by atoms with Crippen molar-refractivity contribution in [3.8, 4) is 5.75 Å². The van der Waals surface area contributed by atoms with Crippen LogP contribution in [0.2, 0.25) is 0 Å². The summed E-state index contributed by atoms with van der Waals surface area (Å²) < 4.78 is 5.44. The molecule has 0 aliphatic carbocycles. The van der Waals surface area contributed by atoms with E-state index in [1.165, 1.54) is 12.1 Å². The topological polar surface area (TPSA) is 70.6 Å². The second kappa shape index (κ2) is 6.75. The van der Waals surface area contributed by atoms with Crippen molar-refractivity contribution in [2.24, 2.45) is 0 Å². The molecule has 1 amide bonds. The Balaban J connectivity index is 0.00000180. The summed E-state index contributed by atoms with van der Waals surface area (Å²) in [6, 6.07) is 6.41. The number of halogens is 1.